The number of hydrogen-bond donors (Lipinski definition) is 0. The van der Waals surface area contributed by atoms with Crippen molar-refractivity contribution in [2.75, 3.05) is 58.4 Å². The highest BCUT2D eigenvalue weighted by Crippen LogP contribution is 2.49. The molecule has 0 spiro atoms. The van der Waals surface area contributed by atoms with Gasteiger partial charge in [0, 0.05) is 56.2 Å². The summed E-state index contributed by atoms with van der Waals surface area (Å²) < 4.78 is 63.0. The molecule has 0 aromatic carbocycles. The van der Waals surface area contributed by atoms with Gasteiger partial charge in [0.15, 0.2) is 11.6 Å². The molecule has 0 aliphatic carbocycles. The molecule has 0 bridgehead atoms. The summed E-state index contributed by atoms with van der Waals surface area (Å²) in [6.45, 7) is 11.7. The lowest BCUT2D eigenvalue weighted by atomic mass is 10.00. The summed E-state index contributed by atoms with van der Waals surface area (Å²) in [6, 6.07) is 0. The second-order valence-corrected chi connectivity index (χ2v) is 13.7. The monoisotopic (exact) mass is 697 g/mol. The van der Waals surface area contributed by atoms with Crippen LogP contribution >= 0.6 is 30.2 Å². The molecule has 236 valence electrons. The third-order valence-electron chi connectivity index (χ3n) is 7.23. The Morgan fingerprint density at radius 3 is 1.33 bits per heavy atom. The van der Waals surface area contributed by atoms with E-state index >= 15 is 0 Å². The standard InChI is InChI=1S/C15H31O5P.C13H25IO2.CH3F/c1-5-7-9-15(10-8-6-2)19-11-14(12-20-15)13-21(16,17-3)18-4;1-3-5-7-13(8-6-4-2)15-10-12(9-14)11-16-13;1-2/h14H,5-13H2,1-4H3;12H,3-11H2,1-2H3;1H3/i;;1D. The number of alkyl halides is 2. The van der Waals surface area contributed by atoms with Crippen molar-refractivity contribution < 1.29 is 38.3 Å². The fourth-order valence-electron chi connectivity index (χ4n) is 4.60. The molecule has 7 nitrogen and oxygen atoms in total. The molecule has 10 heteroatoms. The van der Waals surface area contributed by atoms with E-state index in [1.54, 1.807) is 0 Å². The maximum absolute atomic E-state index is 12.2. The van der Waals surface area contributed by atoms with Crippen LogP contribution in [0.5, 0.6) is 0 Å². The Morgan fingerprint density at radius 1 is 0.769 bits per heavy atom. The van der Waals surface area contributed by atoms with Crippen molar-refractivity contribution >= 4 is 30.2 Å². The van der Waals surface area contributed by atoms with Crippen molar-refractivity contribution in [3.63, 3.8) is 0 Å². The summed E-state index contributed by atoms with van der Waals surface area (Å²) in [4.78, 5) is 0. The minimum Gasteiger partial charge on any atom is -0.350 e. The average Bonchev–Trinajstić information content (AvgIpc) is 2.99. The first-order chi connectivity index (χ1) is 19.2. The van der Waals surface area contributed by atoms with E-state index in [0.29, 0.717) is 25.3 Å². The van der Waals surface area contributed by atoms with Crippen LogP contribution in [-0.4, -0.2) is 70.0 Å². The van der Waals surface area contributed by atoms with E-state index < -0.39 is 20.5 Å². The third-order valence-corrected chi connectivity index (χ3v) is 10.6. The smallest absolute Gasteiger partial charge is 0.330 e. The van der Waals surface area contributed by atoms with Crippen LogP contribution in [0.3, 0.4) is 0 Å². The lowest BCUT2D eigenvalue weighted by Gasteiger charge is -2.41. The molecular formula is C29H59FIO7P. The maximum Gasteiger partial charge on any atom is 0.330 e. The number of rotatable bonds is 17. The van der Waals surface area contributed by atoms with Gasteiger partial charge in [0.1, 0.15) is 0 Å². The highest BCUT2D eigenvalue weighted by Gasteiger charge is 2.39. The zero-order chi connectivity index (χ0) is 30.3. The molecule has 0 N–H and O–H groups in total. The third kappa shape index (κ3) is 15.6. The molecular weight excluding hydrogens is 637 g/mol. The van der Waals surface area contributed by atoms with Crippen molar-refractivity contribution in [1.82, 2.24) is 0 Å². The molecule has 0 aromatic rings. The van der Waals surface area contributed by atoms with E-state index in [4.69, 9.17) is 29.4 Å². The van der Waals surface area contributed by atoms with Crippen LogP contribution in [0.25, 0.3) is 0 Å². The normalized spacial score (nSPS) is 19.8. The van der Waals surface area contributed by atoms with Gasteiger partial charge < -0.3 is 28.0 Å². The molecule has 2 aliphatic heterocycles. The van der Waals surface area contributed by atoms with Gasteiger partial charge in [-0.05, 0) is 25.7 Å². The summed E-state index contributed by atoms with van der Waals surface area (Å²) in [5, 5.41) is 0. The van der Waals surface area contributed by atoms with E-state index in [-0.39, 0.29) is 11.7 Å². The second kappa shape index (κ2) is 23.1. The van der Waals surface area contributed by atoms with Crippen LogP contribution in [0.2, 0.25) is 0 Å². The van der Waals surface area contributed by atoms with Crippen LogP contribution in [0.1, 0.15) is 106 Å². The molecule has 0 amide bonds. The van der Waals surface area contributed by atoms with Gasteiger partial charge in [-0.25, -0.2) is 0 Å². The summed E-state index contributed by atoms with van der Waals surface area (Å²) in [5.41, 5.74) is 0. The molecule has 0 atom stereocenters. The highest BCUT2D eigenvalue weighted by molar-refractivity contribution is 14.1. The molecule has 0 unspecified atom stereocenters. The lowest BCUT2D eigenvalue weighted by Crippen LogP contribution is -2.45. The molecule has 0 saturated carbocycles. The largest absolute Gasteiger partial charge is 0.350 e. The zero-order valence-corrected chi connectivity index (χ0v) is 28.7. The summed E-state index contributed by atoms with van der Waals surface area (Å²) in [6.07, 6.45) is 13.7. The van der Waals surface area contributed by atoms with Gasteiger partial charge in [-0.1, -0.05) is 76.0 Å². The Bertz CT molecular complexity index is 606. The summed E-state index contributed by atoms with van der Waals surface area (Å²) >= 11 is 2.42. The fourth-order valence-corrected chi connectivity index (χ4v) is 6.40. The van der Waals surface area contributed by atoms with Gasteiger partial charge in [0.2, 0.25) is 0 Å². The van der Waals surface area contributed by atoms with Crippen molar-refractivity contribution in [2.45, 2.75) is 116 Å². The first-order valence-electron chi connectivity index (χ1n) is 15.6. The first-order valence-corrected chi connectivity index (χ1v) is 18.1. The quantitative estimate of drug-likeness (QED) is 0.0854. The van der Waals surface area contributed by atoms with Crippen molar-refractivity contribution in [1.29, 1.82) is 0 Å². The topological polar surface area (TPSA) is 72.5 Å². The molecule has 39 heavy (non-hydrogen) atoms. The molecule has 0 aromatic heterocycles. The summed E-state index contributed by atoms with van der Waals surface area (Å²) in [5.74, 6) is -0.0230. The second-order valence-electron chi connectivity index (χ2n) is 10.5. The predicted octanol–water partition coefficient (Wildman–Crippen LogP) is 8.96. The Labute approximate surface area is 254 Å². The predicted molar refractivity (Wildman–Crippen MR) is 167 cm³/mol. The first kappa shape index (κ1) is 37.7. The van der Waals surface area contributed by atoms with Crippen LogP contribution in [0.4, 0.5) is 4.39 Å². The van der Waals surface area contributed by atoms with E-state index in [2.05, 4.69) is 50.3 Å². The van der Waals surface area contributed by atoms with Gasteiger partial charge in [-0.15, -0.1) is 0 Å². The Kier molecular flexibility index (Phi) is 22.4. The average molecular weight is 698 g/mol. The SMILES string of the molecule is CCCCC1(CCCC)OCC(CI)CO1.CCCCC1(CCCC)OCC(CP(=O)(OC)OC)CO1.[2H]CF. The minimum absolute atomic E-state index is 0.0621. The molecule has 0 radical (unpaired) electrons. The number of halogens is 2. The van der Waals surface area contributed by atoms with E-state index in [1.165, 1.54) is 39.9 Å². The molecule has 2 rings (SSSR count). The molecule has 2 fully saturated rings. The minimum atomic E-state index is -2.99. The van der Waals surface area contributed by atoms with Crippen molar-refractivity contribution in [2.24, 2.45) is 11.8 Å². The fraction of sp³-hybridized carbons (Fsp3) is 1.00. The van der Waals surface area contributed by atoms with Crippen LogP contribution in [-0.2, 0) is 32.6 Å². The van der Waals surface area contributed by atoms with Crippen LogP contribution in [0, 0.1) is 11.8 Å². The lowest BCUT2D eigenvalue weighted by molar-refractivity contribution is -0.288. The van der Waals surface area contributed by atoms with Crippen LogP contribution < -0.4 is 0 Å². The van der Waals surface area contributed by atoms with Gasteiger partial charge in [-0.2, -0.15) is 0 Å². The van der Waals surface area contributed by atoms with Gasteiger partial charge in [-0.3, -0.25) is 8.96 Å². The number of ether oxygens (including phenoxy) is 4. The highest BCUT2D eigenvalue weighted by atomic mass is 127. The molecule has 2 aliphatic rings. The van der Waals surface area contributed by atoms with E-state index in [9.17, 15) is 8.96 Å². The van der Waals surface area contributed by atoms with Crippen molar-refractivity contribution in [3.8, 4) is 0 Å². The summed E-state index contributed by atoms with van der Waals surface area (Å²) in [7, 11) is -1.16. The van der Waals surface area contributed by atoms with Crippen molar-refractivity contribution in [3.05, 3.63) is 0 Å². The number of unbranched alkanes of at least 4 members (excludes halogenated alkanes) is 4. The van der Waals surface area contributed by atoms with Gasteiger partial charge in [0.05, 0.1) is 41.1 Å². The van der Waals surface area contributed by atoms with E-state index in [1.807, 2.05) is 0 Å². The molecule has 2 saturated heterocycles. The Morgan fingerprint density at radius 2 is 1.08 bits per heavy atom. The molecule has 2 heterocycles. The Hall–Kier alpha value is 0.650. The van der Waals surface area contributed by atoms with E-state index in [0.717, 1.165) is 69.0 Å². The number of hydrogen-bond acceptors (Lipinski definition) is 7. The van der Waals surface area contributed by atoms with Crippen LogP contribution in [0.15, 0.2) is 0 Å². The maximum atomic E-state index is 12.2. The zero-order valence-electron chi connectivity index (χ0n) is 26.7. The van der Waals surface area contributed by atoms with Gasteiger partial charge >= 0.3 is 7.60 Å². The Balaban J connectivity index is 0.000000712. The van der Waals surface area contributed by atoms with Gasteiger partial charge in [0.25, 0.3) is 0 Å².